The van der Waals surface area contributed by atoms with Crippen LogP contribution in [-0.2, 0) is 9.31 Å². The van der Waals surface area contributed by atoms with Gasteiger partial charge < -0.3 is 14.0 Å². The Balaban J connectivity index is 2.26. The molecular formula is C15H20BFO3. The van der Waals surface area contributed by atoms with E-state index in [1.807, 2.05) is 27.7 Å². The quantitative estimate of drug-likeness (QED) is 0.792. The molecule has 0 spiro atoms. The number of hydrogen-bond acceptors (Lipinski definition) is 3. The van der Waals surface area contributed by atoms with Gasteiger partial charge in [-0.3, -0.25) is 0 Å². The predicted molar refractivity (Wildman–Crippen MR) is 78.1 cm³/mol. The maximum Gasteiger partial charge on any atom is 0.494 e. The molecule has 3 nitrogen and oxygen atoms in total. The van der Waals surface area contributed by atoms with Crippen LogP contribution in [-0.4, -0.2) is 25.4 Å². The first kappa shape index (κ1) is 15.1. The fourth-order valence-electron chi connectivity index (χ4n) is 2.00. The lowest BCUT2D eigenvalue weighted by Crippen LogP contribution is -2.41. The Bertz CT molecular complexity index is 524. The summed E-state index contributed by atoms with van der Waals surface area (Å²) in [5.41, 5.74) is -0.0827. The van der Waals surface area contributed by atoms with E-state index in [9.17, 15) is 4.39 Å². The molecule has 1 fully saturated rings. The monoisotopic (exact) mass is 278 g/mol. The van der Waals surface area contributed by atoms with Gasteiger partial charge in [0.1, 0.15) is 11.6 Å². The number of ether oxygens (including phenoxy) is 1. The molecule has 1 heterocycles. The molecule has 1 aliphatic heterocycles. The van der Waals surface area contributed by atoms with Crippen LogP contribution in [0, 0.1) is 5.82 Å². The molecule has 0 aromatic heterocycles. The van der Waals surface area contributed by atoms with Crippen LogP contribution in [0.2, 0.25) is 0 Å². The van der Waals surface area contributed by atoms with E-state index < -0.39 is 24.1 Å². The molecule has 0 bridgehead atoms. The van der Waals surface area contributed by atoms with E-state index in [0.29, 0.717) is 16.8 Å². The van der Waals surface area contributed by atoms with Crippen molar-refractivity contribution < 1.29 is 18.4 Å². The van der Waals surface area contributed by atoms with Gasteiger partial charge >= 0.3 is 7.12 Å². The van der Waals surface area contributed by atoms with Gasteiger partial charge in [0.2, 0.25) is 0 Å². The number of halogens is 1. The van der Waals surface area contributed by atoms with Crippen LogP contribution in [0.3, 0.4) is 0 Å². The molecule has 20 heavy (non-hydrogen) atoms. The Kier molecular flexibility index (Phi) is 3.69. The molecular weight excluding hydrogens is 258 g/mol. The van der Waals surface area contributed by atoms with Gasteiger partial charge in [-0.2, -0.15) is 0 Å². The Morgan fingerprint density at radius 2 is 1.75 bits per heavy atom. The molecule has 5 heteroatoms. The van der Waals surface area contributed by atoms with Crippen LogP contribution in [0.4, 0.5) is 4.39 Å². The van der Waals surface area contributed by atoms with Gasteiger partial charge in [-0.15, -0.1) is 0 Å². The highest BCUT2D eigenvalue weighted by atomic mass is 19.1. The summed E-state index contributed by atoms with van der Waals surface area (Å²) in [5, 5.41) is 0. The standard InChI is InChI=1S/C15H20BFO3/c1-10(12-8-7-11(18-6)9-13(12)17)16-19-14(2,3)15(4,5)20-16/h7-9H,1H2,2-6H3. The van der Waals surface area contributed by atoms with Crippen molar-refractivity contribution >= 4 is 12.6 Å². The number of benzene rings is 1. The number of hydrogen-bond donors (Lipinski definition) is 0. The summed E-state index contributed by atoms with van der Waals surface area (Å²) in [6, 6.07) is 4.64. The lowest BCUT2D eigenvalue weighted by molar-refractivity contribution is 0.00578. The molecule has 0 atom stereocenters. The Labute approximate surface area is 119 Å². The summed E-state index contributed by atoms with van der Waals surface area (Å²) in [7, 11) is 0.847. The van der Waals surface area contributed by atoms with Gasteiger partial charge in [0.15, 0.2) is 0 Å². The minimum atomic E-state index is -0.650. The van der Waals surface area contributed by atoms with Gasteiger partial charge in [0, 0.05) is 11.6 Å². The highest BCUT2D eigenvalue weighted by Crippen LogP contribution is 2.40. The topological polar surface area (TPSA) is 27.7 Å². The Morgan fingerprint density at radius 1 is 1.20 bits per heavy atom. The highest BCUT2D eigenvalue weighted by Gasteiger charge is 2.52. The number of rotatable bonds is 3. The molecule has 0 unspecified atom stereocenters. The zero-order valence-corrected chi connectivity index (χ0v) is 12.6. The van der Waals surface area contributed by atoms with Crippen molar-refractivity contribution in [3.8, 4) is 5.75 Å². The molecule has 0 radical (unpaired) electrons. The third kappa shape index (κ3) is 2.48. The van der Waals surface area contributed by atoms with Gasteiger partial charge in [-0.25, -0.2) is 4.39 Å². The average Bonchev–Trinajstić information content (AvgIpc) is 2.57. The van der Waals surface area contributed by atoms with Crippen molar-refractivity contribution in [1.82, 2.24) is 0 Å². The summed E-state index contributed by atoms with van der Waals surface area (Å²) < 4.78 is 30.8. The summed E-state index contributed by atoms with van der Waals surface area (Å²) in [6.45, 7) is 11.7. The maximum absolute atomic E-state index is 14.1. The van der Waals surface area contributed by atoms with Crippen LogP contribution in [0.1, 0.15) is 33.3 Å². The van der Waals surface area contributed by atoms with E-state index in [4.69, 9.17) is 14.0 Å². The van der Waals surface area contributed by atoms with Crippen LogP contribution < -0.4 is 4.74 Å². The largest absolute Gasteiger partial charge is 0.497 e. The third-order valence-electron chi connectivity index (χ3n) is 4.06. The molecule has 1 aliphatic rings. The van der Waals surface area contributed by atoms with Crippen molar-refractivity contribution in [2.24, 2.45) is 0 Å². The second-order valence-electron chi connectivity index (χ2n) is 5.96. The van der Waals surface area contributed by atoms with Crippen LogP contribution in [0.15, 0.2) is 24.8 Å². The third-order valence-corrected chi connectivity index (χ3v) is 4.06. The van der Waals surface area contributed by atoms with Crippen molar-refractivity contribution in [1.29, 1.82) is 0 Å². The molecule has 0 amide bonds. The summed E-state index contributed by atoms with van der Waals surface area (Å²) >= 11 is 0. The minimum Gasteiger partial charge on any atom is -0.497 e. The van der Waals surface area contributed by atoms with Crippen molar-refractivity contribution in [2.75, 3.05) is 7.11 Å². The summed E-state index contributed by atoms with van der Waals surface area (Å²) in [5.74, 6) is 0.0667. The predicted octanol–water partition coefficient (Wildman–Crippen LogP) is 3.48. The SMILES string of the molecule is C=C(B1OC(C)(C)C(C)(C)O1)c1ccc(OC)cc1F. The number of methoxy groups -OCH3 is 1. The summed E-state index contributed by atoms with van der Waals surface area (Å²) in [6.07, 6.45) is 0. The molecule has 0 saturated carbocycles. The van der Waals surface area contributed by atoms with Crippen LogP contribution in [0.25, 0.3) is 5.47 Å². The molecule has 1 aromatic rings. The molecule has 108 valence electrons. The van der Waals surface area contributed by atoms with Crippen molar-refractivity contribution in [2.45, 2.75) is 38.9 Å². The Morgan fingerprint density at radius 3 is 2.20 bits per heavy atom. The van der Waals surface area contributed by atoms with Crippen molar-refractivity contribution in [3.05, 3.63) is 36.2 Å². The zero-order valence-electron chi connectivity index (χ0n) is 12.6. The van der Waals surface area contributed by atoms with E-state index in [1.165, 1.54) is 13.2 Å². The molecule has 0 N–H and O–H groups in total. The van der Waals surface area contributed by atoms with E-state index in [1.54, 1.807) is 12.1 Å². The van der Waals surface area contributed by atoms with E-state index in [2.05, 4.69) is 6.58 Å². The normalized spacial score (nSPS) is 20.0. The maximum atomic E-state index is 14.1. The second-order valence-corrected chi connectivity index (χ2v) is 5.96. The first-order valence-corrected chi connectivity index (χ1v) is 6.56. The lowest BCUT2D eigenvalue weighted by Gasteiger charge is -2.32. The van der Waals surface area contributed by atoms with E-state index in [0.717, 1.165) is 0 Å². The van der Waals surface area contributed by atoms with E-state index >= 15 is 0 Å². The van der Waals surface area contributed by atoms with Crippen LogP contribution in [0.5, 0.6) is 5.75 Å². The van der Waals surface area contributed by atoms with Crippen molar-refractivity contribution in [3.63, 3.8) is 0 Å². The summed E-state index contributed by atoms with van der Waals surface area (Å²) in [4.78, 5) is 0. The Hall–Kier alpha value is -1.33. The lowest BCUT2D eigenvalue weighted by atomic mass is 9.75. The van der Waals surface area contributed by atoms with Gasteiger partial charge in [-0.1, -0.05) is 6.58 Å². The molecule has 2 rings (SSSR count). The fraction of sp³-hybridized carbons (Fsp3) is 0.467. The van der Waals surface area contributed by atoms with Crippen LogP contribution >= 0.6 is 0 Å². The zero-order chi connectivity index (χ0) is 15.1. The molecule has 1 saturated heterocycles. The molecule has 0 aliphatic carbocycles. The molecule has 1 aromatic carbocycles. The fourth-order valence-corrected chi connectivity index (χ4v) is 2.00. The minimum absolute atomic E-state index is 0.379. The average molecular weight is 278 g/mol. The van der Waals surface area contributed by atoms with Gasteiger partial charge in [0.05, 0.1) is 18.3 Å². The van der Waals surface area contributed by atoms with Gasteiger partial charge in [0.25, 0.3) is 0 Å². The van der Waals surface area contributed by atoms with E-state index in [-0.39, 0.29) is 0 Å². The first-order valence-electron chi connectivity index (χ1n) is 6.56. The first-order chi connectivity index (χ1) is 9.18. The highest BCUT2D eigenvalue weighted by molar-refractivity contribution is 6.68. The second kappa shape index (κ2) is 4.90. The smallest absolute Gasteiger partial charge is 0.494 e. The van der Waals surface area contributed by atoms with Gasteiger partial charge in [-0.05, 0) is 45.3 Å².